The van der Waals surface area contributed by atoms with Crippen molar-refractivity contribution >= 4 is 17.2 Å². The van der Waals surface area contributed by atoms with Crippen molar-refractivity contribution in [3.05, 3.63) is 39.8 Å². The number of rotatable bonds is 4. The van der Waals surface area contributed by atoms with Gasteiger partial charge < -0.3 is 15.5 Å². The van der Waals surface area contributed by atoms with Gasteiger partial charge in [-0.2, -0.15) is 0 Å². The molecular weight excluding hydrogens is 276 g/mol. The zero-order valence-electron chi connectivity index (χ0n) is 11.3. The zero-order chi connectivity index (χ0) is 14.7. The van der Waals surface area contributed by atoms with Crippen LogP contribution in [0.4, 0.5) is 0 Å². The average Bonchev–Trinajstić information content (AvgIpc) is 2.86. The van der Waals surface area contributed by atoms with Crippen molar-refractivity contribution in [2.45, 2.75) is 26.3 Å². The number of aromatic nitrogens is 1. The SMILES string of the molecule is CCc1cnc(C(C)NC(=O)c2cc(O)cc(O)c2)s1. The Bertz CT molecular complexity index is 604. The first kappa shape index (κ1) is 14.3. The first-order chi connectivity index (χ1) is 9.49. The van der Waals surface area contributed by atoms with Crippen molar-refractivity contribution in [3.63, 3.8) is 0 Å². The van der Waals surface area contributed by atoms with Crippen molar-refractivity contribution in [1.29, 1.82) is 0 Å². The second-order valence-electron chi connectivity index (χ2n) is 4.45. The monoisotopic (exact) mass is 292 g/mol. The smallest absolute Gasteiger partial charge is 0.252 e. The summed E-state index contributed by atoms with van der Waals surface area (Å²) in [6.07, 6.45) is 2.72. The minimum Gasteiger partial charge on any atom is -0.508 e. The van der Waals surface area contributed by atoms with E-state index >= 15 is 0 Å². The Balaban J connectivity index is 2.10. The van der Waals surface area contributed by atoms with Gasteiger partial charge in [0.2, 0.25) is 0 Å². The van der Waals surface area contributed by atoms with E-state index in [0.717, 1.165) is 16.3 Å². The molecule has 0 aliphatic carbocycles. The van der Waals surface area contributed by atoms with Gasteiger partial charge in [-0.1, -0.05) is 6.92 Å². The molecule has 106 valence electrons. The van der Waals surface area contributed by atoms with E-state index in [1.165, 1.54) is 18.2 Å². The second kappa shape index (κ2) is 5.92. The van der Waals surface area contributed by atoms with Crippen molar-refractivity contribution in [1.82, 2.24) is 10.3 Å². The molecule has 1 aromatic carbocycles. The van der Waals surface area contributed by atoms with Crippen LogP contribution in [0.5, 0.6) is 11.5 Å². The number of phenolic OH excluding ortho intramolecular Hbond substituents is 2. The second-order valence-corrected chi connectivity index (χ2v) is 5.60. The number of carbonyl (C=O) groups excluding carboxylic acids is 1. The van der Waals surface area contributed by atoms with Crippen molar-refractivity contribution in [2.75, 3.05) is 0 Å². The third kappa shape index (κ3) is 3.27. The number of aryl methyl sites for hydroxylation is 1. The third-order valence-electron chi connectivity index (χ3n) is 2.80. The lowest BCUT2D eigenvalue weighted by Crippen LogP contribution is -2.26. The summed E-state index contributed by atoms with van der Waals surface area (Å²) in [7, 11) is 0. The summed E-state index contributed by atoms with van der Waals surface area (Å²) in [4.78, 5) is 17.5. The van der Waals surface area contributed by atoms with E-state index in [4.69, 9.17) is 0 Å². The fourth-order valence-corrected chi connectivity index (χ4v) is 2.61. The van der Waals surface area contributed by atoms with Crippen LogP contribution in [0.3, 0.4) is 0 Å². The molecule has 0 aliphatic rings. The molecule has 0 saturated carbocycles. The quantitative estimate of drug-likeness (QED) is 0.809. The molecule has 0 spiro atoms. The number of aromatic hydroxyl groups is 2. The van der Waals surface area contributed by atoms with Crippen LogP contribution >= 0.6 is 11.3 Å². The van der Waals surface area contributed by atoms with Gasteiger partial charge in [0.15, 0.2) is 0 Å². The molecule has 0 radical (unpaired) electrons. The Morgan fingerprint density at radius 2 is 2.00 bits per heavy atom. The number of hydrogen-bond acceptors (Lipinski definition) is 5. The van der Waals surface area contributed by atoms with Crippen molar-refractivity contribution < 1.29 is 15.0 Å². The standard InChI is InChI=1S/C14H16N2O3S/c1-3-12-7-15-14(20-12)8(2)16-13(19)9-4-10(17)6-11(18)5-9/h4-8,17-18H,3H2,1-2H3,(H,16,19). The van der Waals surface area contributed by atoms with Crippen LogP contribution in [0, 0.1) is 0 Å². The molecule has 2 rings (SSSR count). The highest BCUT2D eigenvalue weighted by Gasteiger charge is 2.15. The number of nitrogens with zero attached hydrogens (tertiary/aromatic N) is 1. The maximum atomic E-state index is 12.1. The van der Waals surface area contributed by atoms with Gasteiger partial charge in [0.25, 0.3) is 5.91 Å². The van der Waals surface area contributed by atoms with E-state index < -0.39 is 0 Å². The van der Waals surface area contributed by atoms with Gasteiger partial charge in [-0.15, -0.1) is 11.3 Å². The average molecular weight is 292 g/mol. The molecule has 0 saturated heterocycles. The third-order valence-corrected chi connectivity index (χ3v) is 4.13. The lowest BCUT2D eigenvalue weighted by atomic mass is 10.2. The topological polar surface area (TPSA) is 82.5 Å². The van der Waals surface area contributed by atoms with E-state index in [-0.39, 0.29) is 29.0 Å². The lowest BCUT2D eigenvalue weighted by molar-refractivity contribution is 0.0939. The van der Waals surface area contributed by atoms with Crippen LogP contribution < -0.4 is 5.32 Å². The normalized spacial score (nSPS) is 12.1. The summed E-state index contributed by atoms with van der Waals surface area (Å²) >= 11 is 1.56. The maximum Gasteiger partial charge on any atom is 0.252 e. The summed E-state index contributed by atoms with van der Waals surface area (Å²) < 4.78 is 0. The zero-order valence-corrected chi connectivity index (χ0v) is 12.1. The van der Waals surface area contributed by atoms with Crippen molar-refractivity contribution in [3.8, 4) is 11.5 Å². The highest BCUT2D eigenvalue weighted by atomic mass is 32.1. The molecule has 1 aromatic heterocycles. The number of nitrogens with one attached hydrogen (secondary N) is 1. The Labute approximate surface area is 120 Å². The fraction of sp³-hybridized carbons (Fsp3) is 0.286. The molecule has 6 heteroatoms. The number of thiazole rings is 1. The molecule has 0 fully saturated rings. The van der Waals surface area contributed by atoms with Gasteiger partial charge >= 0.3 is 0 Å². The molecule has 0 bridgehead atoms. The molecule has 0 aliphatic heterocycles. The molecule has 1 atom stereocenters. The highest BCUT2D eigenvalue weighted by Crippen LogP contribution is 2.23. The molecule has 1 unspecified atom stereocenters. The number of phenols is 2. The predicted octanol–water partition coefficient (Wildman–Crippen LogP) is 2.61. The summed E-state index contributed by atoms with van der Waals surface area (Å²) in [6.45, 7) is 3.90. The van der Waals surface area contributed by atoms with Crippen LogP contribution in [0.2, 0.25) is 0 Å². The molecule has 1 amide bonds. The minimum atomic E-state index is -0.364. The number of carbonyl (C=O) groups is 1. The highest BCUT2D eigenvalue weighted by molar-refractivity contribution is 7.11. The minimum absolute atomic E-state index is 0.148. The van der Waals surface area contributed by atoms with Gasteiger partial charge in [-0.25, -0.2) is 4.98 Å². The molecular formula is C14H16N2O3S. The Hall–Kier alpha value is -2.08. The van der Waals surface area contributed by atoms with Gasteiger partial charge in [-0.05, 0) is 25.5 Å². The first-order valence-corrected chi connectivity index (χ1v) is 7.09. The summed E-state index contributed by atoms with van der Waals surface area (Å²) in [5, 5.41) is 22.4. The van der Waals surface area contributed by atoms with Gasteiger partial charge in [0.05, 0.1) is 6.04 Å². The van der Waals surface area contributed by atoms with Gasteiger partial charge in [0.1, 0.15) is 16.5 Å². The van der Waals surface area contributed by atoms with E-state index in [0.29, 0.717) is 0 Å². The number of amides is 1. The van der Waals surface area contributed by atoms with E-state index in [9.17, 15) is 15.0 Å². The van der Waals surface area contributed by atoms with E-state index in [1.54, 1.807) is 11.3 Å². The van der Waals surface area contributed by atoms with Gasteiger partial charge in [0, 0.05) is 22.7 Å². The fourth-order valence-electron chi connectivity index (χ4n) is 1.75. The predicted molar refractivity (Wildman–Crippen MR) is 77.1 cm³/mol. The van der Waals surface area contributed by atoms with Crippen LogP contribution in [-0.2, 0) is 6.42 Å². The molecule has 5 nitrogen and oxygen atoms in total. The summed E-state index contributed by atoms with van der Waals surface area (Å²) in [5.41, 5.74) is 0.210. The van der Waals surface area contributed by atoms with Crippen LogP contribution in [0.25, 0.3) is 0 Å². The molecule has 20 heavy (non-hydrogen) atoms. The van der Waals surface area contributed by atoms with Crippen molar-refractivity contribution in [2.24, 2.45) is 0 Å². The Kier molecular flexibility index (Phi) is 4.24. The van der Waals surface area contributed by atoms with E-state index in [2.05, 4.69) is 17.2 Å². The Morgan fingerprint density at radius 1 is 1.35 bits per heavy atom. The number of hydrogen-bond donors (Lipinski definition) is 3. The maximum absolute atomic E-state index is 12.1. The van der Waals surface area contributed by atoms with E-state index in [1.807, 2.05) is 13.1 Å². The molecule has 3 N–H and O–H groups in total. The summed E-state index contributed by atoms with van der Waals surface area (Å²) in [5.74, 6) is -0.660. The van der Waals surface area contributed by atoms with Crippen LogP contribution in [0.1, 0.15) is 40.1 Å². The first-order valence-electron chi connectivity index (χ1n) is 6.28. The Morgan fingerprint density at radius 3 is 2.55 bits per heavy atom. The van der Waals surface area contributed by atoms with Gasteiger partial charge in [-0.3, -0.25) is 4.79 Å². The summed E-state index contributed by atoms with van der Waals surface area (Å²) in [6, 6.07) is 3.56. The van der Waals surface area contributed by atoms with Crippen LogP contribution in [-0.4, -0.2) is 21.1 Å². The largest absolute Gasteiger partial charge is 0.508 e. The van der Waals surface area contributed by atoms with Crippen LogP contribution in [0.15, 0.2) is 24.4 Å². The lowest BCUT2D eigenvalue weighted by Gasteiger charge is -2.11. The molecule has 2 aromatic rings. The number of benzene rings is 1. The molecule has 1 heterocycles.